The molecule has 0 fully saturated rings. The van der Waals surface area contributed by atoms with Crippen molar-refractivity contribution in [1.82, 2.24) is 14.8 Å². The number of aromatic nitrogens is 3. The number of aryl methyl sites for hydroxylation is 1. The molecule has 0 aliphatic carbocycles. The molecule has 14 heavy (non-hydrogen) atoms. The van der Waals surface area contributed by atoms with Crippen molar-refractivity contribution < 1.29 is 4.74 Å². The maximum Gasteiger partial charge on any atom is 0.175 e. The van der Waals surface area contributed by atoms with Gasteiger partial charge in [0.1, 0.15) is 18.2 Å². The Bertz CT molecular complexity index is 490. The Kier molecular flexibility index (Phi) is 1.39. The van der Waals surface area contributed by atoms with Crippen LogP contribution in [0.25, 0.3) is 5.69 Å². The molecule has 0 N–H and O–H groups in total. The third-order valence-electron chi connectivity index (χ3n) is 2.35. The first kappa shape index (κ1) is 7.55. The maximum absolute atomic E-state index is 5.54. The van der Waals surface area contributed by atoms with Crippen molar-refractivity contribution in [2.24, 2.45) is 0 Å². The van der Waals surface area contributed by atoms with Crippen molar-refractivity contribution in [3.05, 3.63) is 35.9 Å². The molecule has 1 aliphatic heterocycles. The minimum absolute atomic E-state index is 0.498. The lowest BCUT2D eigenvalue weighted by Crippen LogP contribution is -2.13. The molecule has 3 rings (SSSR count). The molecule has 0 saturated heterocycles. The Hall–Kier alpha value is -1.84. The van der Waals surface area contributed by atoms with Gasteiger partial charge in [-0.1, -0.05) is 12.1 Å². The Morgan fingerprint density at radius 2 is 2.14 bits per heavy atom. The van der Waals surface area contributed by atoms with Gasteiger partial charge in [-0.3, -0.25) is 4.57 Å². The number of hydrogen-bond donors (Lipinski definition) is 0. The zero-order valence-corrected chi connectivity index (χ0v) is 7.77. The number of fused-ring (bicyclic) bond motifs is 3. The second kappa shape index (κ2) is 2.57. The summed E-state index contributed by atoms with van der Waals surface area (Å²) in [6.07, 6.45) is 0. The summed E-state index contributed by atoms with van der Waals surface area (Å²) in [7, 11) is 0. The molecule has 0 radical (unpaired) electrons. The highest BCUT2D eigenvalue weighted by Crippen LogP contribution is 2.29. The smallest absolute Gasteiger partial charge is 0.175 e. The zero-order valence-electron chi connectivity index (χ0n) is 7.77. The highest BCUT2D eigenvalue weighted by atomic mass is 16.5. The van der Waals surface area contributed by atoms with Crippen molar-refractivity contribution in [2.45, 2.75) is 13.5 Å². The third kappa shape index (κ3) is 0.878. The van der Waals surface area contributed by atoms with Crippen molar-refractivity contribution in [3.8, 4) is 11.4 Å². The Labute approximate surface area is 81.2 Å². The largest absolute Gasteiger partial charge is 0.483 e. The van der Waals surface area contributed by atoms with E-state index < -0.39 is 0 Å². The standard InChI is InChI=1S/C10H9N3O/c1-7-11-12-10-6-14-9-5-3-2-4-8(9)13(7)10/h2-5H,6H2,1H3. The summed E-state index contributed by atoms with van der Waals surface area (Å²) in [5, 5.41) is 8.07. The van der Waals surface area contributed by atoms with Gasteiger partial charge in [0.2, 0.25) is 0 Å². The van der Waals surface area contributed by atoms with Gasteiger partial charge in [-0.05, 0) is 19.1 Å². The van der Waals surface area contributed by atoms with Crippen LogP contribution in [0.1, 0.15) is 11.6 Å². The van der Waals surface area contributed by atoms with Crippen LogP contribution in [-0.4, -0.2) is 14.8 Å². The van der Waals surface area contributed by atoms with Gasteiger partial charge < -0.3 is 4.74 Å². The molecular weight excluding hydrogens is 178 g/mol. The Morgan fingerprint density at radius 1 is 1.29 bits per heavy atom. The van der Waals surface area contributed by atoms with Gasteiger partial charge >= 0.3 is 0 Å². The predicted octanol–water partition coefficient (Wildman–Crippen LogP) is 1.47. The fourth-order valence-electron chi connectivity index (χ4n) is 1.72. The number of benzene rings is 1. The van der Waals surface area contributed by atoms with E-state index in [1.54, 1.807) is 0 Å². The van der Waals surface area contributed by atoms with Gasteiger partial charge in [0.25, 0.3) is 0 Å². The van der Waals surface area contributed by atoms with Crippen molar-refractivity contribution in [1.29, 1.82) is 0 Å². The summed E-state index contributed by atoms with van der Waals surface area (Å²) in [4.78, 5) is 0. The molecule has 0 spiro atoms. The minimum atomic E-state index is 0.498. The van der Waals surface area contributed by atoms with Crippen LogP contribution in [0.4, 0.5) is 0 Å². The van der Waals surface area contributed by atoms with E-state index in [0.717, 1.165) is 23.1 Å². The highest BCUT2D eigenvalue weighted by molar-refractivity contribution is 5.49. The topological polar surface area (TPSA) is 39.9 Å². The highest BCUT2D eigenvalue weighted by Gasteiger charge is 2.19. The van der Waals surface area contributed by atoms with E-state index in [-0.39, 0.29) is 0 Å². The van der Waals surface area contributed by atoms with Crippen LogP contribution in [0.2, 0.25) is 0 Å². The number of rotatable bonds is 0. The molecule has 4 heteroatoms. The van der Waals surface area contributed by atoms with Gasteiger partial charge in [0.05, 0.1) is 5.69 Å². The van der Waals surface area contributed by atoms with E-state index in [2.05, 4.69) is 10.2 Å². The maximum atomic E-state index is 5.54. The number of hydrogen-bond acceptors (Lipinski definition) is 3. The summed E-state index contributed by atoms with van der Waals surface area (Å²) in [5.74, 6) is 2.65. The van der Waals surface area contributed by atoms with E-state index in [1.165, 1.54) is 0 Å². The first-order valence-corrected chi connectivity index (χ1v) is 4.49. The van der Waals surface area contributed by atoms with Crippen LogP contribution in [0, 0.1) is 6.92 Å². The first-order valence-electron chi connectivity index (χ1n) is 4.49. The number of ether oxygens (including phenoxy) is 1. The van der Waals surface area contributed by atoms with Crippen LogP contribution in [0.3, 0.4) is 0 Å². The molecule has 1 aliphatic rings. The lowest BCUT2D eigenvalue weighted by atomic mass is 10.2. The summed E-state index contributed by atoms with van der Waals surface area (Å²) in [5.41, 5.74) is 1.02. The van der Waals surface area contributed by atoms with Crippen LogP contribution in [0.5, 0.6) is 5.75 Å². The van der Waals surface area contributed by atoms with Gasteiger partial charge in [-0.2, -0.15) is 0 Å². The van der Waals surface area contributed by atoms with Crippen molar-refractivity contribution in [3.63, 3.8) is 0 Å². The van der Waals surface area contributed by atoms with Crippen LogP contribution in [0.15, 0.2) is 24.3 Å². The van der Waals surface area contributed by atoms with Crippen LogP contribution >= 0.6 is 0 Å². The van der Waals surface area contributed by atoms with Gasteiger partial charge in [0.15, 0.2) is 5.82 Å². The SMILES string of the molecule is Cc1nnc2n1-c1ccccc1OC2. The normalized spacial score (nSPS) is 12.9. The predicted molar refractivity (Wildman–Crippen MR) is 50.4 cm³/mol. The van der Waals surface area contributed by atoms with E-state index >= 15 is 0 Å². The van der Waals surface area contributed by atoms with Crippen molar-refractivity contribution in [2.75, 3.05) is 0 Å². The molecule has 0 atom stereocenters. The van der Waals surface area contributed by atoms with Crippen molar-refractivity contribution >= 4 is 0 Å². The van der Waals surface area contributed by atoms with E-state index in [9.17, 15) is 0 Å². The molecule has 2 aromatic rings. The third-order valence-corrected chi connectivity index (χ3v) is 2.35. The summed E-state index contributed by atoms with van der Waals surface area (Å²) >= 11 is 0. The van der Waals surface area contributed by atoms with Crippen LogP contribution in [-0.2, 0) is 6.61 Å². The molecule has 0 saturated carbocycles. The average Bonchev–Trinajstić information content (AvgIpc) is 2.61. The molecular formula is C10H9N3O. The molecule has 4 nitrogen and oxygen atoms in total. The zero-order chi connectivity index (χ0) is 9.54. The number of para-hydroxylation sites is 2. The quantitative estimate of drug-likeness (QED) is 0.627. The molecule has 1 aromatic carbocycles. The number of nitrogens with zero attached hydrogens (tertiary/aromatic N) is 3. The van der Waals surface area contributed by atoms with E-state index in [1.807, 2.05) is 35.8 Å². The summed E-state index contributed by atoms with van der Waals surface area (Å²) in [6.45, 7) is 2.44. The fourth-order valence-corrected chi connectivity index (χ4v) is 1.72. The molecule has 70 valence electrons. The van der Waals surface area contributed by atoms with Crippen LogP contribution < -0.4 is 4.74 Å². The second-order valence-corrected chi connectivity index (χ2v) is 3.26. The lowest BCUT2D eigenvalue weighted by Gasteiger charge is -2.18. The minimum Gasteiger partial charge on any atom is -0.483 e. The molecule has 1 aromatic heterocycles. The Balaban J connectivity index is 2.32. The summed E-state index contributed by atoms with van der Waals surface area (Å²) < 4.78 is 7.57. The van der Waals surface area contributed by atoms with E-state index in [0.29, 0.717) is 6.61 Å². The first-order chi connectivity index (χ1) is 6.86. The molecule has 0 amide bonds. The monoisotopic (exact) mass is 187 g/mol. The second-order valence-electron chi connectivity index (χ2n) is 3.26. The molecule has 0 unspecified atom stereocenters. The molecule has 2 heterocycles. The average molecular weight is 187 g/mol. The summed E-state index contributed by atoms with van der Waals surface area (Å²) in [6, 6.07) is 7.91. The lowest BCUT2D eigenvalue weighted by molar-refractivity contribution is 0.279. The van der Waals surface area contributed by atoms with E-state index in [4.69, 9.17) is 4.74 Å². The molecule has 0 bridgehead atoms. The van der Waals surface area contributed by atoms with Gasteiger partial charge in [-0.15, -0.1) is 10.2 Å². The van der Waals surface area contributed by atoms with Gasteiger partial charge in [0, 0.05) is 0 Å². The van der Waals surface area contributed by atoms with Gasteiger partial charge in [-0.25, -0.2) is 0 Å². The fraction of sp³-hybridized carbons (Fsp3) is 0.200. The Morgan fingerprint density at radius 3 is 3.07 bits per heavy atom.